The van der Waals surface area contributed by atoms with E-state index in [1.54, 1.807) is 23.9 Å². The van der Waals surface area contributed by atoms with Gasteiger partial charge in [0.2, 0.25) is 0 Å². The van der Waals surface area contributed by atoms with Crippen molar-refractivity contribution < 1.29 is 19.1 Å². The monoisotopic (exact) mass is 684 g/mol. The number of benzene rings is 2. The van der Waals surface area contributed by atoms with Crippen molar-refractivity contribution in [1.29, 1.82) is 0 Å². The zero-order valence-electron chi connectivity index (χ0n) is 32.4. The van der Waals surface area contributed by atoms with Gasteiger partial charge in [-0.15, -0.1) is 0 Å². The molecule has 0 aliphatic rings. The van der Waals surface area contributed by atoms with Crippen LogP contribution in [0.4, 0.5) is 9.59 Å². The summed E-state index contributed by atoms with van der Waals surface area (Å²) in [5.74, 6) is 1.40. The number of hydrogen-bond donors (Lipinski definition) is 2. The number of carbonyl (C=O) groups excluding carboxylic acids is 2. The molecule has 50 heavy (non-hydrogen) atoms. The lowest BCUT2D eigenvalue weighted by Crippen LogP contribution is -2.41. The first kappa shape index (κ1) is 38.2. The highest BCUT2D eigenvalue weighted by atomic mass is 16.6. The first-order valence-electron chi connectivity index (χ1n) is 17.2. The van der Waals surface area contributed by atoms with Crippen LogP contribution in [0.2, 0.25) is 0 Å². The van der Waals surface area contributed by atoms with Crippen molar-refractivity contribution in [2.75, 3.05) is 14.1 Å². The molecular weight excluding hydrogens is 628 g/mol. The summed E-state index contributed by atoms with van der Waals surface area (Å²) >= 11 is 0. The first-order valence-corrected chi connectivity index (χ1v) is 17.2. The van der Waals surface area contributed by atoms with Crippen molar-refractivity contribution in [2.24, 2.45) is 10.8 Å². The number of rotatable bonds is 7. The van der Waals surface area contributed by atoms with Crippen LogP contribution < -0.4 is 0 Å². The average Bonchev–Trinajstić information content (AvgIpc) is 3.65. The van der Waals surface area contributed by atoms with Crippen molar-refractivity contribution in [2.45, 2.75) is 106 Å². The van der Waals surface area contributed by atoms with Gasteiger partial charge < -0.3 is 29.2 Å². The van der Waals surface area contributed by atoms with E-state index in [9.17, 15) is 9.59 Å². The Balaban J connectivity index is 1.51. The van der Waals surface area contributed by atoms with E-state index in [1.807, 2.05) is 53.9 Å². The van der Waals surface area contributed by atoms with E-state index in [2.05, 4.69) is 100 Å². The highest BCUT2D eigenvalue weighted by molar-refractivity contribution is 5.72. The molecule has 0 radical (unpaired) electrons. The Morgan fingerprint density at radius 1 is 0.540 bits per heavy atom. The van der Waals surface area contributed by atoms with Crippen molar-refractivity contribution in [1.82, 2.24) is 29.7 Å². The number of aromatic nitrogens is 4. The van der Waals surface area contributed by atoms with Gasteiger partial charge in [0.05, 0.1) is 35.9 Å². The predicted molar refractivity (Wildman–Crippen MR) is 199 cm³/mol. The second kappa shape index (κ2) is 14.0. The van der Waals surface area contributed by atoms with Gasteiger partial charge in [0.1, 0.15) is 22.9 Å². The summed E-state index contributed by atoms with van der Waals surface area (Å²) < 4.78 is 11.3. The van der Waals surface area contributed by atoms with Crippen LogP contribution in [0.3, 0.4) is 0 Å². The minimum Gasteiger partial charge on any atom is -0.444 e. The topological polar surface area (TPSA) is 116 Å². The molecule has 2 aromatic carbocycles. The van der Waals surface area contributed by atoms with Gasteiger partial charge in [-0.1, -0.05) is 90.1 Å². The molecule has 0 fully saturated rings. The maximum absolute atomic E-state index is 13.0. The minimum absolute atomic E-state index is 0.292. The fourth-order valence-electron chi connectivity index (χ4n) is 6.16. The quantitative estimate of drug-likeness (QED) is 0.200. The number of H-pyrrole nitrogens is 2. The third-order valence-electron chi connectivity index (χ3n) is 8.21. The Labute approximate surface area is 298 Å². The van der Waals surface area contributed by atoms with E-state index in [1.165, 1.54) is 0 Å². The second-order valence-corrected chi connectivity index (χ2v) is 17.2. The van der Waals surface area contributed by atoms with Crippen LogP contribution in [0.5, 0.6) is 0 Å². The minimum atomic E-state index is -0.593. The number of hydrogen-bond acceptors (Lipinski definition) is 6. The van der Waals surface area contributed by atoms with Crippen LogP contribution >= 0.6 is 0 Å². The van der Waals surface area contributed by atoms with Gasteiger partial charge in [0.25, 0.3) is 0 Å². The van der Waals surface area contributed by atoms with Gasteiger partial charge in [0.15, 0.2) is 0 Å². The van der Waals surface area contributed by atoms with Gasteiger partial charge >= 0.3 is 12.2 Å². The van der Waals surface area contributed by atoms with E-state index >= 15 is 0 Å². The number of imidazole rings is 2. The van der Waals surface area contributed by atoms with E-state index in [-0.39, 0.29) is 22.9 Å². The SMILES string of the molecule is CN(C(=O)OC(C)(C)C)C(c1ncc(-c2ccc(-c3ccc(-c4cnc(C(N(C)C(=O)OC(C)(C)C)C(C)(C)C)[nH]4)cc3)cc2)[nH]1)C(C)(C)C. The molecule has 0 aliphatic heterocycles. The molecule has 0 spiro atoms. The summed E-state index contributed by atoms with van der Waals surface area (Å²) in [6, 6.07) is 16.0. The average molecular weight is 685 g/mol. The molecule has 10 nitrogen and oxygen atoms in total. The molecule has 270 valence electrons. The molecule has 4 aromatic rings. The maximum Gasteiger partial charge on any atom is 0.410 e. The molecule has 2 aromatic heterocycles. The lowest BCUT2D eigenvalue weighted by atomic mass is 9.85. The molecule has 10 heteroatoms. The summed E-state index contributed by atoms with van der Waals surface area (Å²) in [6.07, 6.45) is 2.85. The number of amides is 2. The lowest BCUT2D eigenvalue weighted by molar-refractivity contribution is 0.00752. The third-order valence-corrected chi connectivity index (χ3v) is 8.21. The molecule has 0 saturated carbocycles. The van der Waals surface area contributed by atoms with E-state index < -0.39 is 23.4 Å². The Bertz CT molecular complexity index is 1630. The molecule has 2 amide bonds. The van der Waals surface area contributed by atoms with Crippen LogP contribution in [0.25, 0.3) is 33.6 Å². The summed E-state index contributed by atoms with van der Waals surface area (Å²) in [7, 11) is 3.51. The lowest BCUT2D eigenvalue weighted by Gasteiger charge is -2.37. The number of carbonyl (C=O) groups is 2. The largest absolute Gasteiger partial charge is 0.444 e. The smallest absolute Gasteiger partial charge is 0.410 e. The Hall–Kier alpha value is -4.60. The van der Waals surface area contributed by atoms with Crippen molar-refractivity contribution in [3.63, 3.8) is 0 Å². The normalized spacial score (nSPS) is 13.8. The highest BCUT2D eigenvalue weighted by Crippen LogP contribution is 2.39. The molecule has 2 heterocycles. The molecular formula is C40H56N6O4. The van der Waals surface area contributed by atoms with E-state index in [4.69, 9.17) is 19.4 Å². The Morgan fingerprint density at radius 2 is 0.820 bits per heavy atom. The number of ether oxygens (including phenoxy) is 2. The van der Waals surface area contributed by atoms with Gasteiger partial charge in [-0.2, -0.15) is 0 Å². The fourth-order valence-corrected chi connectivity index (χ4v) is 6.16. The predicted octanol–water partition coefficient (Wildman–Crippen LogP) is 10.0. The molecule has 4 rings (SSSR count). The van der Waals surface area contributed by atoms with Crippen LogP contribution in [-0.2, 0) is 9.47 Å². The molecule has 0 aliphatic carbocycles. The van der Waals surface area contributed by atoms with Gasteiger partial charge in [0, 0.05) is 14.1 Å². The van der Waals surface area contributed by atoms with Gasteiger partial charge in [-0.25, -0.2) is 19.6 Å². The summed E-state index contributed by atoms with van der Waals surface area (Å²) in [6.45, 7) is 23.7. The Morgan fingerprint density at radius 3 is 1.08 bits per heavy atom. The first-order chi connectivity index (χ1) is 22.9. The molecule has 0 saturated heterocycles. The fraction of sp³-hybridized carbons (Fsp3) is 0.500. The van der Waals surface area contributed by atoms with Crippen LogP contribution in [0, 0.1) is 10.8 Å². The zero-order valence-corrected chi connectivity index (χ0v) is 32.4. The van der Waals surface area contributed by atoms with E-state index in [0.717, 1.165) is 33.6 Å². The zero-order chi connectivity index (χ0) is 37.4. The van der Waals surface area contributed by atoms with Crippen molar-refractivity contribution in [3.8, 4) is 33.6 Å². The van der Waals surface area contributed by atoms with E-state index in [0.29, 0.717) is 11.6 Å². The van der Waals surface area contributed by atoms with Crippen LogP contribution in [0.1, 0.15) is 107 Å². The van der Waals surface area contributed by atoms with Gasteiger partial charge in [-0.05, 0) is 74.6 Å². The second-order valence-electron chi connectivity index (χ2n) is 17.2. The molecule has 0 bridgehead atoms. The molecule has 2 unspecified atom stereocenters. The Kier molecular flexibility index (Phi) is 10.7. The van der Waals surface area contributed by atoms with Crippen LogP contribution in [-0.4, -0.2) is 67.2 Å². The highest BCUT2D eigenvalue weighted by Gasteiger charge is 2.38. The maximum atomic E-state index is 13.0. The number of nitrogens with one attached hydrogen (secondary N) is 2. The van der Waals surface area contributed by atoms with Crippen LogP contribution in [0.15, 0.2) is 60.9 Å². The van der Waals surface area contributed by atoms with Crippen molar-refractivity contribution in [3.05, 3.63) is 72.6 Å². The van der Waals surface area contributed by atoms with Gasteiger partial charge in [-0.3, -0.25) is 0 Å². The standard InChI is InChI=1S/C40H56N6O4/c1-37(2,3)31(45(13)35(47)49-39(7,8)9)33-41-23-29(43-33)27-19-15-25(16-20-27)26-17-21-28(22-18-26)30-24-42-34(44-30)32(38(4,5)6)46(14)36(48)50-40(10,11)12/h15-24,31-32H,1-14H3,(H,41,43)(H,42,44). The molecule has 2 atom stereocenters. The number of nitrogens with zero attached hydrogens (tertiary/aromatic N) is 4. The third kappa shape index (κ3) is 9.34. The number of aromatic amines is 2. The summed E-state index contributed by atoms with van der Waals surface area (Å²) in [5, 5.41) is 0. The molecule has 2 N–H and O–H groups in total. The summed E-state index contributed by atoms with van der Waals surface area (Å²) in [4.78, 5) is 45.5. The summed E-state index contributed by atoms with van der Waals surface area (Å²) in [5.41, 5.74) is 4.11. The van der Waals surface area contributed by atoms with Crippen molar-refractivity contribution >= 4 is 12.2 Å².